The summed E-state index contributed by atoms with van der Waals surface area (Å²) in [6, 6.07) is 15.3. The molecule has 4 aromatic rings. The number of amidine groups is 1. The normalized spacial score (nSPS) is 14.8. The second-order valence-corrected chi connectivity index (χ2v) is 8.40. The van der Waals surface area contributed by atoms with E-state index in [-0.39, 0.29) is 11.7 Å². The minimum Gasteiger partial charge on any atom is -0.382 e. The molecule has 0 unspecified atom stereocenters. The zero-order chi connectivity index (χ0) is 22.1. The number of nitrogens with two attached hydrogens (primary N) is 2. The Bertz CT molecular complexity index is 1340. The number of benzene rings is 2. The molecule has 0 aliphatic carbocycles. The number of aromatic nitrogens is 1. The molecule has 162 valence electrons. The number of hydrazone groups is 1. The maximum atomic E-state index is 12.9. The summed E-state index contributed by atoms with van der Waals surface area (Å²) in [7, 11) is 0. The molecule has 1 aliphatic rings. The van der Waals surface area contributed by atoms with E-state index >= 15 is 0 Å². The smallest absolute Gasteiger partial charge is 0.254 e. The minimum absolute atomic E-state index is 0.00490. The van der Waals surface area contributed by atoms with Crippen LogP contribution in [-0.4, -0.2) is 47.9 Å². The molecular formula is C23H22N6O2S. The molecule has 5 N–H and O–H groups in total. The number of nitrogens with zero attached hydrogens (tertiary/aromatic N) is 3. The Hall–Kier alpha value is -3.69. The molecule has 1 fully saturated rings. The van der Waals surface area contributed by atoms with Crippen molar-refractivity contribution in [2.75, 3.05) is 31.6 Å². The van der Waals surface area contributed by atoms with Crippen LogP contribution in [0, 0.1) is 0 Å². The summed E-state index contributed by atoms with van der Waals surface area (Å²) in [5, 5.41) is 11.1. The van der Waals surface area contributed by atoms with Crippen molar-refractivity contribution in [1.29, 1.82) is 0 Å². The topological polar surface area (TPSA) is 119 Å². The van der Waals surface area contributed by atoms with Gasteiger partial charge in [0.25, 0.3) is 5.91 Å². The van der Waals surface area contributed by atoms with Gasteiger partial charge in [-0.3, -0.25) is 4.79 Å². The largest absolute Gasteiger partial charge is 0.382 e. The standard InChI is InChI=1S/C23H22N6O2S/c24-21(28-25)14-4-5-17-19(13-14)27-22(18-6-11-32-20(17)18)26-16-3-1-2-15(12-16)23(30)29-7-9-31-10-8-29/h1-6,11-13H,7-10,25H2,(H2,24,28)(H,26,27). The molecule has 0 bridgehead atoms. The van der Waals surface area contributed by atoms with Gasteiger partial charge < -0.3 is 26.5 Å². The summed E-state index contributed by atoms with van der Waals surface area (Å²) in [4.78, 5) is 19.5. The van der Waals surface area contributed by atoms with Crippen LogP contribution in [0.25, 0.3) is 21.0 Å². The maximum absolute atomic E-state index is 12.9. The Morgan fingerprint density at radius 3 is 2.75 bits per heavy atom. The van der Waals surface area contributed by atoms with E-state index in [1.807, 2.05) is 58.8 Å². The highest BCUT2D eigenvalue weighted by atomic mass is 32.1. The van der Waals surface area contributed by atoms with Crippen molar-refractivity contribution in [3.63, 3.8) is 0 Å². The molecule has 2 aromatic carbocycles. The van der Waals surface area contributed by atoms with Gasteiger partial charge in [-0.25, -0.2) is 4.98 Å². The molecule has 0 spiro atoms. The predicted molar refractivity (Wildman–Crippen MR) is 128 cm³/mol. The molecule has 2 aromatic heterocycles. The van der Waals surface area contributed by atoms with Crippen LogP contribution in [0.5, 0.6) is 0 Å². The number of carbonyl (C=O) groups excluding carboxylic acids is 1. The highest BCUT2D eigenvalue weighted by Crippen LogP contribution is 2.35. The van der Waals surface area contributed by atoms with Crippen LogP contribution in [0.3, 0.4) is 0 Å². The molecule has 5 rings (SSSR count). The van der Waals surface area contributed by atoms with E-state index in [4.69, 9.17) is 21.3 Å². The van der Waals surface area contributed by atoms with Gasteiger partial charge in [-0.15, -0.1) is 11.3 Å². The molecule has 3 heterocycles. The van der Waals surface area contributed by atoms with Gasteiger partial charge in [-0.05, 0) is 35.7 Å². The number of pyridine rings is 1. The minimum atomic E-state index is 0.00490. The zero-order valence-corrected chi connectivity index (χ0v) is 18.1. The molecule has 0 saturated carbocycles. The van der Waals surface area contributed by atoms with Crippen molar-refractivity contribution in [2.24, 2.45) is 16.7 Å². The Morgan fingerprint density at radius 2 is 1.94 bits per heavy atom. The van der Waals surface area contributed by atoms with Crippen LogP contribution in [0.1, 0.15) is 15.9 Å². The number of amides is 1. The average molecular weight is 447 g/mol. The van der Waals surface area contributed by atoms with Gasteiger partial charge in [0.2, 0.25) is 0 Å². The zero-order valence-electron chi connectivity index (χ0n) is 17.2. The van der Waals surface area contributed by atoms with E-state index in [1.165, 1.54) is 0 Å². The first-order chi connectivity index (χ1) is 15.6. The monoisotopic (exact) mass is 446 g/mol. The number of carbonyl (C=O) groups is 1. The quantitative estimate of drug-likeness (QED) is 0.192. The molecule has 9 heteroatoms. The average Bonchev–Trinajstić information content (AvgIpc) is 3.34. The molecule has 0 atom stereocenters. The number of anilines is 2. The number of thiophene rings is 1. The van der Waals surface area contributed by atoms with Crippen molar-refractivity contribution in [1.82, 2.24) is 9.88 Å². The highest BCUT2D eigenvalue weighted by molar-refractivity contribution is 7.18. The van der Waals surface area contributed by atoms with E-state index in [0.29, 0.717) is 43.2 Å². The van der Waals surface area contributed by atoms with Crippen molar-refractivity contribution in [3.8, 4) is 0 Å². The SMILES string of the molecule is N/N=C(\N)c1ccc2c(c1)nc(Nc1cccc(C(=O)N3CCOCC3)c1)c1ccsc12. The summed E-state index contributed by atoms with van der Waals surface area (Å²) < 4.78 is 6.47. The molecule has 8 nitrogen and oxygen atoms in total. The second-order valence-electron chi connectivity index (χ2n) is 7.48. The first kappa shape index (κ1) is 20.2. The lowest BCUT2D eigenvalue weighted by atomic mass is 10.1. The number of nitrogens with one attached hydrogen (secondary N) is 1. The lowest BCUT2D eigenvalue weighted by Crippen LogP contribution is -2.40. The molecule has 0 radical (unpaired) electrons. The predicted octanol–water partition coefficient (Wildman–Crippen LogP) is 3.24. The Kier molecular flexibility index (Phi) is 5.34. The number of hydrogen-bond donors (Lipinski definition) is 3. The number of rotatable bonds is 4. The lowest BCUT2D eigenvalue weighted by Gasteiger charge is -2.27. The fourth-order valence-corrected chi connectivity index (χ4v) is 4.78. The highest BCUT2D eigenvalue weighted by Gasteiger charge is 2.19. The maximum Gasteiger partial charge on any atom is 0.254 e. The number of fused-ring (bicyclic) bond motifs is 3. The van der Waals surface area contributed by atoms with Gasteiger partial charge in [0.05, 0.1) is 18.7 Å². The fourth-order valence-electron chi connectivity index (χ4n) is 3.85. The van der Waals surface area contributed by atoms with Crippen molar-refractivity contribution >= 4 is 55.6 Å². The second kappa shape index (κ2) is 8.45. The van der Waals surface area contributed by atoms with Crippen molar-refractivity contribution in [2.45, 2.75) is 0 Å². The molecule has 1 saturated heterocycles. The number of ether oxygens (including phenoxy) is 1. The van der Waals surface area contributed by atoms with Gasteiger partial charge >= 0.3 is 0 Å². The fraction of sp³-hybridized carbons (Fsp3) is 0.174. The Labute approximate surface area is 188 Å². The summed E-state index contributed by atoms with van der Waals surface area (Å²) in [5.41, 5.74) is 8.81. The van der Waals surface area contributed by atoms with E-state index in [9.17, 15) is 4.79 Å². The number of morpholine rings is 1. The van der Waals surface area contributed by atoms with Gasteiger partial charge in [0.1, 0.15) is 11.7 Å². The van der Waals surface area contributed by atoms with Gasteiger partial charge in [-0.2, -0.15) is 5.10 Å². The van der Waals surface area contributed by atoms with Crippen LogP contribution in [0.15, 0.2) is 59.0 Å². The third kappa shape index (κ3) is 3.72. The molecule has 1 amide bonds. The van der Waals surface area contributed by atoms with E-state index in [0.717, 1.165) is 26.7 Å². The van der Waals surface area contributed by atoms with Crippen LogP contribution >= 0.6 is 11.3 Å². The lowest BCUT2D eigenvalue weighted by molar-refractivity contribution is 0.0303. The van der Waals surface area contributed by atoms with E-state index in [1.54, 1.807) is 11.3 Å². The summed E-state index contributed by atoms with van der Waals surface area (Å²) in [6.45, 7) is 2.36. The van der Waals surface area contributed by atoms with Gasteiger partial charge in [0.15, 0.2) is 0 Å². The Morgan fingerprint density at radius 1 is 1.09 bits per heavy atom. The Balaban J connectivity index is 1.52. The van der Waals surface area contributed by atoms with Gasteiger partial charge in [0, 0.05) is 45.4 Å². The van der Waals surface area contributed by atoms with Gasteiger partial charge in [-0.1, -0.05) is 18.2 Å². The molecular weight excluding hydrogens is 424 g/mol. The van der Waals surface area contributed by atoms with E-state index in [2.05, 4.69) is 10.4 Å². The molecule has 32 heavy (non-hydrogen) atoms. The first-order valence-electron chi connectivity index (χ1n) is 10.2. The molecule has 1 aliphatic heterocycles. The van der Waals surface area contributed by atoms with Crippen molar-refractivity contribution in [3.05, 3.63) is 65.0 Å². The third-order valence-corrected chi connectivity index (χ3v) is 6.45. The van der Waals surface area contributed by atoms with E-state index < -0.39 is 0 Å². The first-order valence-corrected chi connectivity index (χ1v) is 11.1. The van der Waals surface area contributed by atoms with Crippen LogP contribution in [0.4, 0.5) is 11.5 Å². The van der Waals surface area contributed by atoms with Crippen LogP contribution < -0.4 is 16.9 Å². The summed E-state index contributed by atoms with van der Waals surface area (Å²) in [6.07, 6.45) is 0. The summed E-state index contributed by atoms with van der Waals surface area (Å²) >= 11 is 1.65. The summed E-state index contributed by atoms with van der Waals surface area (Å²) in [5.74, 6) is 6.31. The number of hydrogen-bond acceptors (Lipinski definition) is 7. The van der Waals surface area contributed by atoms with Crippen molar-refractivity contribution < 1.29 is 9.53 Å². The van der Waals surface area contributed by atoms with Crippen LogP contribution in [-0.2, 0) is 4.74 Å². The van der Waals surface area contributed by atoms with Crippen LogP contribution in [0.2, 0.25) is 0 Å². The third-order valence-electron chi connectivity index (χ3n) is 5.50.